The Bertz CT molecular complexity index is 538. The number of benzene rings is 1. The van der Waals surface area contributed by atoms with Crippen LogP contribution < -0.4 is 15.4 Å². The van der Waals surface area contributed by atoms with Crippen molar-refractivity contribution in [2.45, 2.75) is 25.3 Å². The van der Waals surface area contributed by atoms with Crippen LogP contribution in [-0.4, -0.2) is 36.4 Å². The van der Waals surface area contributed by atoms with E-state index in [4.69, 9.17) is 4.74 Å². The molecule has 1 fully saturated rings. The summed E-state index contributed by atoms with van der Waals surface area (Å²) in [4.78, 5) is 11.8. The Morgan fingerprint density at radius 3 is 2.73 bits per heavy atom. The molecule has 0 radical (unpaired) electrons. The summed E-state index contributed by atoms with van der Waals surface area (Å²) in [6.07, 6.45) is 1.99. The van der Waals surface area contributed by atoms with Gasteiger partial charge in [0.05, 0.1) is 18.7 Å². The lowest BCUT2D eigenvalue weighted by Crippen LogP contribution is -2.54. The Morgan fingerprint density at radius 1 is 1.41 bits per heavy atom. The van der Waals surface area contributed by atoms with E-state index in [1.165, 1.54) is 6.07 Å². The van der Waals surface area contributed by atoms with Crippen LogP contribution in [0.15, 0.2) is 18.2 Å². The Kier molecular flexibility index (Phi) is 5.18. The Balaban J connectivity index is 1.69. The maximum atomic E-state index is 13.0. The monoisotopic (exact) mass is 314 g/mol. The highest BCUT2D eigenvalue weighted by Gasteiger charge is 2.42. The number of carbonyl (C=O) groups is 1. The number of hydrogen-bond donors (Lipinski definition) is 3. The predicted molar refractivity (Wildman–Crippen MR) is 76.6 cm³/mol. The van der Waals surface area contributed by atoms with Crippen molar-refractivity contribution in [2.24, 2.45) is 5.92 Å². The fraction of sp³-hybridized carbons (Fsp3) is 0.533. The minimum absolute atomic E-state index is 0.115. The van der Waals surface area contributed by atoms with Gasteiger partial charge in [0.25, 0.3) is 0 Å². The SMILES string of the molecule is CC(CO)(NC(=O)NCCOc1ccc(F)c(F)c1)C1CC1. The number of halogens is 2. The second kappa shape index (κ2) is 6.91. The molecule has 1 aromatic rings. The summed E-state index contributed by atoms with van der Waals surface area (Å²) >= 11 is 0. The first-order valence-electron chi connectivity index (χ1n) is 7.19. The molecule has 0 heterocycles. The number of hydrogen-bond acceptors (Lipinski definition) is 3. The summed E-state index contributed by atoms with van der Waals surface area (Å²) in [6, 6.07) is 2.85. The standard InChI is InChI=1S/C15H20F2N2O3/c1-15(9-20,10-2-3-10)19-14(21)18-6-7-22-11-4-5-12(16)13(17)8-11/h4-5,8,10,20H,2-3,6-7,9H2,1H3,(H2,18,19,21). The van der Waals surface area contributed by atoms with E-state index in [0.29, 0.717) is 5.92 Å². The van der Waals surface area contributed by atoms with Crippen molar-refractivity contribution in [3.63, 3.8) is 0 Å². The minimum Gasteiger partial charge on any atom is -0.492 e. The number of urea groups is 1. The second-order valence-electron chi connectivity index (χ2n) is 5.66. The van der Waals surface area contributed by atoms with E-state index >= 15 is 0 Å². The average Bonchev–Trinajstić information content (AvgIpc) is 3.32. The van der Waals surface area contributed by atoms with Crippen LogP contribution in [0.5, 0.6) is 5.75 Å². The van der Waals surface area contributed by atoms with E-state index in [2.05, 4.69) is 10.6 Å². The molecule has 5 nitrogen and oxygen atoms in total. The van der Waals surface area contributed by atoms with Gasteiger partial charge in [0.15, 0.2) is 11.6 Å². The molecular weight excluding hydrogens is 294 g/mol. The van der Waals surface area contributed by atoms with E-state index < -0.39 is 23.2 Å². The predicted octanol–water partition coefficient (Wildman–Crippen LogP) is 1.80. The summed E-state index contributed by atoms with van der Waals surface area (Å²) < 4.78 is 30.9. The molecule has 7 heteroatoms. The van der Waals surface area contributed by atoms with Gasteiger partial charge in [-0.3, -0.25) is 0 Å². The maximum absolute atomic E-state index is 13.0. The summed E-state index contributed by atoms with van der Waals surface area (Å²) in [7, 11) is 0. The lowest BCUT2D eigenvalue weighted by molar-refractivity contribution is 0.154. The Labute approximate surface area is 127 Å². The first-order chi connectivity index (χ1) is 10.4. The Hall–Kier alpha value is -1.89. The molecule has 2 rings (SSSR count). The van der Waals surface area contributed by atoms with Crippen LogP contribution in [0.25, 0.3) is 0 Å². The summed E-state index contributed by atoms with van der Waals surface area (Å²) in [5.74, 6) is -1.42. The van der Waals surface area contributed by atoms with Gasteiger partial charge in [-0.2, -0.15) is 0 Å². The van der Waals surface area contributed by atoms with Crippen LogP contribution >= 0.6 is 0 Å². The molecule has 1 aliphatic carbocycles. The third-order valence-electron chi connectivity index (χ3n) is 3.75. The van der Waals surface area contributed by atoms with E-state index in [1.807, 2.05) is 6.92 Å². The highest BCUT2D eigenvalue weighted by atomic mass is 19.2. The van der Waals surface area contributed by atoms with Crippen molar-refractivity contribution in [3.05, 3.63) is 29.8 Å². The fourth-order valence-electron chi connectivity index (χ4n) is 2.19. The zero-order valence-electron chi connectivity index (χ0n) is 12.4. The molecule has 0 aromatic heterocycles. The van der Waals surface area contributed by atoms with Crippen LogP contribution in [0.1, 0.15) is 19.8 Å². The van der Waals surface area contributed by atoms with Crippen molar-refractivity contribution in [3.8, 4) is 5.75 Å². The molecule has 2 amide bonds. The second-order valence-corrected chi connectivity index (χ2v) is 5.66. The zero-order chi connectivity index (χ0) is 16.2. The summed E-state index contributed by atoms with van der Waals surface area (Å²) in [5, 5.41) is 14.7. The molecule has 1 saturated carbocycles. The zero-order valence-corrected chi connectivity index (χ0v) is 12.4. The van der Waals surface area contributed by atoms with Crippen LogP contribution in [0.4, 0.5) is 13.6 Å². The van der Waals surface area contributed by atoms with Crippen LogP contribution in [-0.2, 0) is 0 Å². The Morgan fingerprint density at radius 2 is 2.14 bits per heavy atom. The number of aliphatic hydroxyl groups is 1. The van der Waals surface area contributed by atoms with Crippen LogP contribution in [0, 0.1) is 17.6 Å². The number of amides is 2. The first kappa shape index (κ1) is 16.5. The van der Waals surface area contributed by atoms with Crippen molar-refractivity contribution in [2.75, 3.05) is 19.8 Å². The minimum atomic E-state index is -0.980. The molecule has 0 bridgehead atoms. The summed E-state index contributed by atoms with van der Waals surface area (Å²) in [6.45, 7) is 2.02. The van der Waals surface area contributed by atoms with Gasteiger partial charge in [-0.25, -0.2) is 13.6 Å². The fourth-order valence-corrected chi connectivity index (χ4v) is 2.19. The molecule has 1 atom stereocenters. The quantitative estimate of drug-likeness (QED) is 0.672. The van der Waals surface area contributed by atoms with Crippen molar-refractivity contribution < 1.29 is 23.4 Å². The first-order valence-corrected chi connectivity index (χ1v) is 7.19. The van der Waals surface area contributed by atoms with Gasteiger partial charge in [-0.1, -0.05) is 0 Å². The number of carbonyl (C=O) groups excluding carboxylic acids is 1. The van der Waals surface area contributed by atoms with Gasteiger partial charge in [-0.05, 0) is 37.8 Å². The van der Waals surface area contributed by atoms with Crippen molar-refractivity contribution in [1.82, 2.24) is 10.6 Å². The van der Waals surface area contributed by atoms with E-state index in [-0.39, 0.29) is 25.5 Å². The number of rotatable bonds is 7. The van der Waals surface area contributed by atoms with E-state index in [9.17, 15) is 18.7 Å². The molecule has 3 N–H and O–H groups in total. The number of nitrogens with one attached hydrogen (secondary N) is 2. The smallest absolute Gasteiger partial charge is 0.315 e. The number of ether oxygens (including phenoxy) is 1. The highest BCUT2D eigenvalue weighted by Crippen LogP contribution is 2.39. The maximum Gasteiger partial charge on any atom is 0.315 e. The van der Waals surface area contributed by atoms with Gasteiger partial charge in [0.2, 0.25) is 0 Å². The third-order valence-corrected chi connectivity index (χ3v) is 3.75. The van der Waals surface area contributed by atoms with Gasteiger partial charge < -0.3 is 20.5 Å². The van der Waals surface area contributed by atoms with Gasteiger partial charge in [-0.15, -0.1) is 0 Å². The molecule has 1 aliphatic rings. The molecule has 0 spiro atoms. The molecule has 1 aromatic carbocycles. The lowest BCUT2D eigenvalue weighted by Gasteiger charge is -2.28. The highest BCUT2D eigenvalue weighted by molar-refractivity contribution is 5.74. The summed E-state index contributed by atoms with van der Waals surface area (Å²) in [5.41, 5.74) is -0.606. The van der Waals surface area contributed by atoms with Crippen molar-refractivity contribution in [1.29, 1.82) is 0 Å². The molecule has 22 heavy (non-hydrogen) atoms. The average molecular weight is 314 g/mol. The molecule has 0 aliphatic heterocycles. The molecule has 0 saturated heterocycles. The largest absolute Gasteiger partial charge is 0.492 e. The number of aliphatic hydroxyl groups excluding tert-OH is 1. The third kappa shape index (κ3) is 4.30. The topological polar surface area (TPSA) is 70.6 Å². The van der Waals surface area contributed by atoms with Gasteiger partial charge in [0, 0.05) is 6.07 Å². The van der Waals surface area contributed by atoms with Gasteiger partial charge in [0.1, 0.15) is 12.4 Å². The van der Waals surface area contributed by atoms with Gasteiger partial charge >= 0.3 is 6.03 Å². The molecular formula is C15H20F2N2O3. The van der Waals surface area contributed by atoms with Crippen LogP contribution in [0.2, 0.25) is 0 Å². The normalized spacial score (nSPS) is 16.7. The van der Waals surface area contributed by atoms with E-state index in [0.717, 1.165) is 25.0 Å². The van der Waals surface area contributed by atoms with E-state index in [1.54, 1.807) is 0 Å². The lowest BCUT2D eigenvalue weighted by atomic mass is 9.97. The van der Waals surface area contributed by atoms with Crippen LogP contribution in [0.3, 0.4) is 0 Å². The van der Waals surface area contributed by atoms with Crippen molar-refractivity contribution >= 4 is 6.03 Å². The molecule has 122 valence electrons. The molecule has 1 unspecified atom stereocenters.